The first kappa shape index (κ1) is 24.7. The molecule has 10 heteroatoms. The molecular formula is C27H19Cl2FN4O3. The van der Waals surface area contributed by atoms with E-state index in [9.17, 15) is 19.1 Å². The number of benzene rings is 2. The summed E-state index contributed by atoms with van der Waals surface area (Å²) in [6.45, 7) is 1.90. The number of hydrogen-bond donors (Lipinski definition) is 0. The van der Waals surface area contributed by atoms with E-state index in [0.29, 0.717) is 29.2 Å². The van der Waals surface area contributed by atoms with E-state index in [1.165, 1.54) is 34.9 Å². The average molecular weight is 537 g/mol. The molecule has 37 heavy (non-hydrogen) atoms. The SMILES string of the molecule is CCCc1nn(-c2ccc(Cl)c(Cl)c2)c([O-])c1C1=C([n+]2ccccc2)C(=O)N(c2ccccc2F)C1=O. The summed E-state index contributed by atoms with van der Waals surface area (Å²) in [6, 6.07) is 15.2. The van der Waals surface area contributed by atoms with Crippen molar-refractivity contribution in [2.45, 2.75) is 19.8 Å². The maximum atomic E-state index is 14.7. The molecule has 0 fully saturated rings. The summed E-state index contributed by atoms with van der Waals surface area (Å²) in [7, 11) is 0. The number of carbonyl (C=O) groups excluding carboxylic acids is 2. The van der Waals surface area contributed by atoms with E-state index in [0.717, 1.165) is 15.6 Å². The van der Waals surface area contributed by atoms with Crippen LogP contribution in [0.1, 0.15) is 24.6 Å². The van der Waals surface area contributed by atoms with Crippen LogP contribution in [0.2, 0.25) is 10.0 Å². The molecule has 2 amide bonds. The van der Waals surface area contributed by atoms with Crippen LogP contribution >= 0.6 is 23.2 Å². The molecule has 1 aliphatic rings. The Morgan fingerprint density at radius 2 is 1.70 bits per heavy atom. The third-order valence-electron chi connectivity index (χ3n) is 5.93. The summed E-state index contributed by atoms with van der Waals surface area (Å²) in [4.78, 5) is 28.3. The quantitative estimate of drug-likeness (QED) is 0.267. The van der Waals surface area contributed by atoms with E-state index in [1.54, 1.807) is 36.7 Å². The van der Waals surface area contributed by atoms with Gasteiger partial charge >= 0.3 is 5.91 Å². The van der Waals surface area contributed by atoms with Crippen LogP contribution in [0.5, 0.6) is 5.88 Å². The summed E-state index contributed by atoms with van der Waals surface area (Å²) in [5, 5.41) is 18.8. The number of para-hydroxylation sites is 1. The molecule has 1 aliphatic heterocycles. The number of anilines is 1. The highest BCUT2D eigenvalue weighted by molar-refractivity contribution is 6.53. The zero-order valence-corrected chi connectivity index (χ0v) is 21.0. The molecule has 0 bridgehead atoms. The Hall–Kier alpha value is -4.01. The van der Waals surface area contributed by atoms with Crippen molar-refractivity contribution in [3.8, 4) is 11.6 Å². The van der Waals surface area contributed by atoms with Crippen molar-refractivity contribution < 1.29 is 23.7 Å². The van der Waals surface area contributed by atoms with E-state index in [4.69, 9.17) is 23.2 Å². The minimum Gasteiger partial charge on any atom is -0.858 e. The molecule has 0 aliphatic carbocycles. The monoisotopic (exact) mass is 536 g/mol. The second-order valence-corrected chi connectivity index (χ2v) is 9.10. The van der Waals surface area contributed by atoms with Crippen molar-refractivity contribution in [1.29, 1.82) is 0 Å². The first-order chi connectivity index (χ1) is 17.8. The molecule has 186 valence electrons. The number of carbonyl (C=O) groups is 2. The van der Waals surface area contributed by atoms with Crippen LogP contribution < -0.4 is 14.6 Å². The lowest BCUT2D eigenvalue weighted by Crippen LogP contribution is -2.39. The summed E-state index contributed by atoms with van der Waals surface area (Å²) in [5.41, 5.74) is 0.236. The lowest BCUT2D eigenvalue weighted by molar-refractivity contribution is -0.576. The molecule has 0 radical (unpaired) electrons. The van der Waals surface area contributed by atoms with E-state index in [1.807, 2.05) is 6.92 Å². The van der Waals surface area contributed by atoms with Gasteiger partial charge in [-0.15, -0.1) is 0 Å². The highest BCUT2D eigenvalue weighted by Crippen LogP contribution is 2.40. The van der Waals surface area contributed by atoms with Crippen molar-refractivity contribution in [2.24, 2.45) is 0 Å². The number of aryl methyl sites for hydroxylation is 1. The van der Waals surface area contributed by atoms with Gasteiger partial charge in [0.05, 0.1) is 27.1 Å². The van der Waals surface area contributed by atoms with Gasteiger partial charge in [0, 0.05) is 17.7 Å². The third-order valence-corrected chi connectivity index (χ3v) is 6.67. The number of amides is 2. The van der Waals surface area contributed by atoms with Crippen molar-refractivity contribution >= 4 is 52.0 Å². The van der Waals surface area contributed by atoms with Gasteiger partial charge in [-0.3, -0.25) is 9.59 Å². The molecule has 0 spiro atoms. The molecule has 0 saturated carbocycles. The topological polar surface area (TPSA) is 82.1 Å². The molecule has 2 aromatic heterocycles. The Balaban J connectivity index is 1.78. The maximum Gasteiger partial charge on any atom is 0.331 e. The number of nitrogens with zero attached hydrogens (tertiary/aromatic N) is 4. The van der Waals surface area contributed by atoms with Gasteiger partial charge in [-0.25, -0.2) is 14.0 Å². The highest BCUT2D eigenvalue weighted by atomic mass is 35.5. The largest absolute Gasteiger partial charge is 0.858 e. The summed E-state index contributed by atoms with van der Waals surface area (Å²) in [5.74, 6) is -2.93. The second-order valence-electron chi connectivity index (χ2n) is 8.29. The predicted molar refractivity (Wildman–Crippen MR) is 136 cm³/mol. The van der Waals surface area contributed by atoms with E-state index in [-0.39, 0.29) is 27.5 Å². The van der Waals surface area contributed by atoms with E-state index in [2.05, 4.69) is 5.10 Å². The molecule has 0 N–H and O–H groups in total. The zero-order valence-electron chi connectivity index (χ0n) is 19.5. The Morgan fingerprint density at radius 3 is 2.38 bits per heavy atom. The fourth-order valence-corrected chi connectivity index (χ4v) is 4.58. The number of aromatic nitrogens is 3. The highest BCUT2D eigenvalue weighted by Gasteiger charge is 2.48. The second kappa shape index (κ2) is 9.80. The van der Waals surface area contributed by atoms with Crippen molar-refractivity contribution in [3.05, 3.63) is 100 Å². The molecule has 3 heterocycles. The third kappa shape index (κ3) is 4.18. The predicted octanol–water partition coefficient (Wildman–Crippen LogP) is 4.57. The van der Waals surface area contributed by atoms with Crippen LogP contribution in [0.25, 0.3) is 17.0 Å². The van der Waals surface area contributed by atoms with Gasteiger partial charge in [0.1, 0.15) is 11.4 Å². The number of rotatable bonds is 6. The van der Waals surface area contributed by atoms with Crippen LogP contribution in [0.4, 0.5) is 10.1 Å². The van der Waals surface area contributed by atoms with Gasteiger partial charge in [0.25, 0.3) is 11.6 Å². The van der Waals surface area contributed by atoms with Gasteiger partial charge < -0.3 is 5.11 Å². The smallest absolute Gasteiger partial charge is 0.331 e. The lowest BCUT2D eigenvalue weighted by atomic mass is 10.0. The number of pyridine rings is 1. The molecule has 0 saturated heterocycles. The first-order valence-corrected chi connectivity index (χ1v) is 12.2. The Bertz CT molecular complexity index is 1580. The fraction of sp³-hybridized carbons (Fsp3) is 0.111. The van der Waals surface area contributed by atoms with Crippen LogP contribution in [0.15, 0.2) is 73.1 Å². The summed E-state index contributed by atoms with van der Waals surface area (Å²) < 4.78 is 17.3. The summed E-state index contributed by atoms with van der Waals surface area (Å²) in [6.07, 6.45) is 4.14. The molecule has 7 nitrogen and oxygen atoms in total. The van der Waals surface area contributed by atoms with Gasteiger partial charge in [-0.1, -0.05) is 54.7 Å². The van der Waals surface area contributed by atoms with Crippen molar-refractivity contribution in [2.75, 3.05) is 4.90 Å². The standard InChI is InChI=1S/C27H19Cl2FN4O3/c1-2-8-20-22(26(36)34(31-20)16-11-12-17(28)18(29)15-16)23-24(32-13-6-3-7-14-32)27(37)33(25(23)35)21-10-5-4-9-19(21)30/h3-7,9-15H,2,8H2,1H3. The average Bonchev–Trinajstić information content (AvgIpc) is 3.34. The zero-order chi connectivity index (χ0) is 26.3. The van der Waals surface area contributed by atoms with Crippen LogP contribution in [-0.4, -0.2) is 21.6 Å². The Morgan fingerprint density at radius 1 is 0.973 bits per heavy atom. The minimum absolute atomic E-state index is 0.0172. The van der Waals surface area contributed by atoms with Gasteiger partial charge in [0.2, 0.25) is 0 Å². The Kier molecular flexibility index (Phi) is 6.54. The number of hydrogen-bond acceptors (Lipinski definition) is 4. The minimum atomic E-state index is -0.815. The maximum absolute atomic E-state index is 14.7. The Labute approximate surface area is 221 Å². The van der Waals surface area contributed by atoms with Crippen molar-refractivity contribution in [3.63, 3.8) is 0 Å². The molecule has 5 rings (SSSR count). The molecule has 2 aromatic carbocycles. The van der Waals surface area contributed by atoms with Gasteiger partial charge in [-0.05, 0) is 42.6 Å². The summed E-state index contributed by atoms with van der Waals surface area (Å²) >= 11 is 12.2. The van der Waals surface area contributed by atoms with Gasteiger partial charge in [0.15, 0.2) is 12.4 Å². The van der Waals surface area contributed by atoms with Crippen LogP contribution in [-0.2, 0) is 16.0 Å². The van der Waals surface area contributed by atoms with Crippen LogP contribution in [0.3, 0.4) is 0 Å². The van der Waals surface area contributed by atoms with Crippen LogP contribution in [0, 0.1) is 5.82 Å². The molecular weight excluding hydrogens is 518 g/mol. The van der Waals surface area contributed by atoms with E-state index < -0.39 is 23.5 Å². The normalized spacial score (nSPS) is 13.7. The van der Waals surface area contributed by atoms with Gasteiger partial charge in [-0.2, -0.15) is 9.67 Å². The number of imide groups is 1. The van der Waals surface area contributed by atoms with Crippen molar-refractivity contribution in [1.82, 2.24) is 9.78 Å². The molecule has 0 unspecified atom stereocenters. The molecule has 0 atom stereocenters. The fourth-order valence-electron chi connectivity index (χ4n) is 4.28. The first-order valence-electron chi connectivity index (χ1n) is 11.4. The lowest BCUT2D eigenvalue weighted by Gasteiger charge is -2.16. The number of halogens is 3. The van der Waals surface area contributed by atoms with E-state index >= 15 is 0 Å². The molecule has 4 aromatic rings.